The molecule has 8 rings (SSSR count). The van der Waals surface area contributed by atoms with Gasteiger partial charge in [0.1, 0.15) is 0 Å². The molecule has 5 aromatic rings. The van der Waals surface area contributed by atoms with Crippen molar-refractivity contribution in [1.29, 1.82) is 0 Å². The highest BCUT2D eigenvalue weighted by atomic mass is 14.5. The van der Waals surface area contributed by atoms with Gasteiger partial charge in [-0.15, -0.1) is 0 Å². The maximum Gasteiger partial charge on any atom is 0.0249 e. The molecular formula is C30H20. The molecule has 30 heavy (non-hydrogen) atoms. The average Bonchev–Trinajstić information content (AvgIpc) is 2.76. The molecule has 0 saturated heterocycles. The minimum Gasteiger partial charge on any atom is -0.0724 e. The Kier molecular flexibility index (Phi) is 2.33. The van der Waals surface area contributed by atoms with Crippen molar-refractivity contribution in [2.24, 2.45) is 0 Å². The molecule has 0 nitrogen and oxygen atoms in total. The Bertz CT molecular complexity index is 1580. The molecule has 0 heteroatoms. The van der Waals surface area contributed by atoms with Gasteiger partial charge in [-0.1, -0.05) is 86.7 Å². The molecule has 5 aromatic carbocycles. The molecule has 3 aliphatic rings. The Hall–Kier alpha value is -3.38. The third-order valence-corrected chi connectivity index (χ3v) is 8.46. The first-order valence-corrected chi connectivity index (χ1v) is 10.9. The summed E-state index contributed by atoms with van der Waals surface area (Å²) >= 11 is 0. The van der Waals surface area contributed by atoms with Crippen molar-refractivity contribution < 1.29 is 0 Å². The van der Waals surface area contributed by atoms with Gasteiger partial charge in [0.15, 0.2) is 0 Å². The molecule has 0 aliphatic heterocycles. The van der Waals surface area contributed by atoms with E-state index in [1.54, 1.807) is 0 Å². The third kappa shape index (κ3) is 1.41. The Labute approximate surface area is 175 Å². The fourth-order valence-corrected chi connectivity index (χ4v) is 6.86. The predicted molar refractivity (Wildman–Crippen MR) is 129 cm³/mol. The van der Waals surface area contributed by atoms with Gasteiger partial charge < -0.3 is 0 Å². The molecule has 0 saturated carbocycles. The zero-order valence-corrected chi connectivity index (χ0v) is 17.1. The number of hydrogen-bond donors (Lipinski definition) is 0. The summed E-state index contributed by atoms with van der Waals surface area (Å²) in [5.41, 5.74) is 5.59. The molecule has 0 spiro atoms. The smallest absolute Gasteiger partial charge is 0.0249 e. The molecule has 3 aliphatic carbocycles. The van der Waals surface area contributed by atoms with Crippen LogP contribution in [0.1, 0.15) is 36.1 Å². The highest BCUT2D eigenvalue weighted by Crippen LogP contribution is 2.61. The largest absolute Gasteiger partial charge is 0.0724 e. The van der Waals surface area contributed by atoms with Crippen molar-refractivity contribution in [3.05, 3.63) is 95.1 Å². The van der Waals surface area contributed by atoms with Gasteiger partial charge in [0.05, 0.1) is 0 Å². The van der Waals surface area contributed by atoms with Crippen molar-refractivity contribution in [2.75, 3.05) is 0 Å². The fraction of sp³-hybridized carbons (Fsp3) is 0.133. The molecule has 140 valence electrons. The topological polar surface area (TPSA) is 0 Å². The minimum atomic E-state index is -0.0846. The number of hydrogen-bond acceptors (Lipinski definition) is 0. The first kappa shape index (κ1) is 15.5. The van der Waals surface area contributed by atoms with Gasteiger partial charge in [-0.05, 0) is 77.5 Å². The molecular weight excluding hydrogens is 360 g/mol. The fourth-order valence-electron chi connectivity index (χ4n) is 6.86. The standard InChI is InChI=1S/C30H20/c1-29-13-11-17-5-3-7-19-15-21-9-10-22-16-20-8-4-6-18-12-14-30(29,2)28(24(18)20)26(22)25(21)27(29)23(17)19/h3-16H,1-2H3/t29-,30-/m1/s1. The average molecular weight is 380 g/mol. The molecule has 0 heterocycles. The van der Waals surface area contributed by atoms with E-state index in [1.165, 1.54) is 65.3 Å². The zero-order valence-electron chi connectivity index (χ0n) is 17.1. The van der Waals surface area contributed by atoms with Crippen LogP contribution >= 0.6 is 0 Å². The number of allylic oxidation sites excluding steroid dienone is 2. The maximum absolute atomic E-state index is 2.49. The summed E-state index contributed by atoms with van der Waals surface area (Å²) < 4.78 is 0. The van der Waals surface area contributed by atoms with Gasteiger partial charge >= 0.3 is 0 Å². The van der Waals surface area contributed by atoms with Crippen molar-refractivity contribution in [1.82, 2.24) is 0 Å². The van der Waals surface area contributed by atoms with E-state index in [-0.39, 0.29) is 10.8 Å². The van der Waals surface area contributed by atoms with Crippen molar-refractivity contribution in [3.8, 4) is 0 Å². The van der Waals surface area contributed by atoms with Crippen molar-refractivity contribution >= 4 is 55.2 Å². The molecule has 0 bridgehead atoms. The maximum atomic E-state index is 2.49. The SMILES string of the molecule is C[C@@]12C=Cc3cccc4cc5ccc6cc7cccc8c7c(c6c5c1c34)[C@@]2(C)C=C8. The van der Waals surface area contributed by atoms with Crippen LogP contribution in [0.5, 0.6) is 0 Å². The summed E-state index contributed by atoms with van der Waals surface area (Å²) in [4.78, 5) is 0. The lowest BCUT2D eigenvalue weighted by atomic mass is 9.51. The number of rotatable bonds is 0. The van der Waals surface area contributed by atoms with Crippen molar-refractivity contribution in [3.63, 3.8) is 0 Å². The molecule has 0 fully saturated rings. The summed E-state index contributed by atoms with van der Waals surface area (Å²) in [5, 5.41) is 11.3. The Morgan fingerprint density at radius 3 is 1.40 bits per heavy atom. The Balaban J connectivity index is 1.82. The second-order valence-electron chi connectivity index (χ2n) is 9.73. The van der Waals surface area contributed by atoms with Gasteiger partial charge in [0.25, 0.3) is 0 Å². The second-order valence-corrected chi connectivity index (χ2v) is 9.73. The predicted octanol–water partition coefficient (Wildman–Crippen LogP) is 7.88. The molecule has 0 amide bonds. The van der Waals surface area contributed by atoms with Crippen LogP contribution in [-0.2, 0) is 10.8 Å². The van der Waals surface area contributed by atoms with Crippen LogP contribution < -0.4 is 0 Å². The lowest BCUT2D eigenvalue weighted by Crippen LogP contribution is -2.46. The van der Waals surface area contributed by atoms with Crippen LogP contribution in [0.2, 0.25) is 0 Å². The molecule has 0 unspecified atom stereocenters. The molecule has 0 aromatic heterocycles. The quantitative estimate of drug-likeness (QED) is 0.189. The summed E-state index contributed by atoms with van der Waals surface area (Å²) in [6.07, 6.45) is 9.71. The monoisotopic (exact) mass is 380 g/mol. The van der Waals surface area contributed by atoms with Crippen LogP contribution in [0.3, 0.4) is 0 Å². The van der Waals surface area contributed by atoms with E-state index in [0.717, 1.165) is 0 Å². The van der Waals surface area contributed by atoms with E-state index < -0.39 is 0 Å². The first-order chi connectivity index (χ1) is 14.6. The van der Waals surface area contributed by atoms with Gasteiger partial charge in [0.2, 0.25) is 0 Å². The second kappa shape index (κ2) is 4.52. The van der Waals surface area contributed by atoms with Gasteiger partial charge in [-0.25, -0.2) is 0 Å². The third-order valence-electron chi connectivity index (χ3n) is 8.46. The van der Waals surface area contributed by atoms with E-state index in [1.807, 2.05) is 0 Å². The Morgan fingerprint density at radius 1 is 0.500 bits per heavy atom. The highest BCUT2D eigenvalue weighted by Gasteiger charge is 2.51. The van der Waals surface area contributed by atoms with Gasteiger partial charge in [0, 0.05) is 10.8 Å². The number of benzene rings is 5. The minimum absolute atomic E-state index is 0.0846. The van der Waals surface area contributed by atoms with E-state index in [2.05, 4.69) is 98.8 Å². The molecule has 2 atom stereocenters. The van der Waals surface area contributed by atoms with E-state index in [4.69, 9.17) is 0 Å². The summed E-state index contributed by atoms with van der Waals surface area (Å²) in [5.74, 6) is 0. The molecule has 0 N–H and O–H groups in total. The normalized spacial score (nSPS) is 25.0. The van der Waals surface area contributed by atoms with Gasteiger partial charge in [-0.2, -0.15) is 0 Å². The molecule has 0 radical (unpaired) electrons. The zero-order chi connectivity index (χ0) is 19.8. The lowest BCUT2D eigenvalue weighted by Gasteiger charge is -2.51. The van der Waals surface area contributed by atoms with Crippen LogP contribution in [0.15, 0.2) is 72.8 Å². The Morgan fingerprint density at radius 2 is 0.933 bits per heavy atom. The van der Waals surface area contributed by atoms with Crippen LogP contribution in [0.4, 0.5) is 0 Å². The lowest BCUT2D eigenvalue weighted by molar-refractivity contribution is 0.394. The van der Waals surface area contributed by atoms with E-state index in [9.17, 15) is 0 Å². The van der Waals surface area contributed by atoms with Gasteiger partial charge in [-0.3, -0.25) is 0 Å². The summed E-state index contributed by atoms with van der Waals surface area (Å²) in [6.45, 7) is 4.93. The van der Waals surface area contributed by atoms with Crippen LogP contribution in [0.25, 0.3) is 55.2 Å². The van der Waals surface area contributed by atoms with Crippen molar-refractivity contribution in [2.45, 2.75) is 24.7 Å². The summed E-state index contributed by atoms with van der Waals surface area (Å²) in [6, 6.07) is 23.0. The summed E-state index contributed by atoms with van der Waals surface area (Å²) in [7, 11) is 0. The number of fused-ring (bicyclic) bond motifs is 1. The van der Waals surface area contributed by atoms with Crippen LogP contribution in [-0.4, -0.2) is 0 Å². The van der Waals surface area contributed by atoms with E-state index >= 15 is 0 Å². The first-order valence-electron chi connectivity index (χ1n) is 10.9. The van der Waals surface area contributed by atoms with Crippen LogP contribution in [0, 0.1) is 0 Å². The van der Waals surface area contributed by atoms with E-state index in [0.29, 0.717) is 0 Å². The highest BCUT2D eigenvalue weighted by molar-refractivity contribution is 6.24.